The second kappa shape index (κ2) is 8.07. The number of rotatable bonds is 4. The molecule has 4 rings (SSSR count). The van der Waals surface area contributed by atoms with E-state index in [-0.39, 0.29) is 0 Å². The summed E-state index contributed by atoms with van der Waals surface area (Å²) in [6, 6.07) is 12.7. The van der Waals surface area contributed by atoms with Crippen LogP contribution in [0.15, 0.2) is 42.6 Å². The molecule has 0 aliphatic carbocycles. The SMILES string of the molecule is Cc1cccc(Nc2nncc(N3CCN(c4cccc(C)c4C)CC3)n2)c1C. The van der Waals surface area contributed by atoms with Crippen molar-refractivity contribution >= 4 is 23.1 Å². The van der Waals surface area contributed by atoms with Crippen molar-refractivity contribution < 1.29 is 0 Å². The molecule has 0 radical (unpaired) electrons. The molecule has 1 fully saturated rings. The molecule has 1 aliphatic heterocycles. The predicted octanol–water partition coefficient (Wildman–Crippen LogP) is 4.18. The highest BCUT2D eigenvalue weighted by Crippen LogP contribution is 2.25. The molecule has 0 saturated carbocycles. The van der Waals surface area contributed by atoms with Gasteiger partial charge in [0.25, 0.3) is 0 Å². The summed E-state index contributed by atoms with van der Waals surface area (Å²) >= 11 is 0. The third kappa shape index (κ3) is 4.01. The van der Waals surface area contributed by atoms with Gasteiger partial charge >= 0.3 is 0 Å². The van der Waals surface area contributed by atoms with E-state index in [1.54, 1.807) is 6.20 Å². The molecule has 2 aromatic carbocycles. The van der Waals surface area contributed by atoms with Gasteiger partial charge in [0, 0.05) is 37.6 Å². The van der Waals surface area contributed by atoms with E-state index in [1.165, 1.54) is 27.9 Å². The van der Waals surface area contributed by atoms with E-state index in [2.05, 4.69) is 77.3 Å². The number of nitrogens with one attached hydrogen (secondary N) is 1. The summed E-state index contributed by atoms with van der Waals surface area (Å²) in [5.41, 5.74) is 7.49. The minimum atomic E-state index is 0.535. The molecule has 0 bridgehead atoms. The maximum absolute atomic E-state index is 4.71. The Hall–Kier alpha value is -3.15. The largest absolute Gasteiger partial charge is 0.368 e. The number of benzene rings is 2. The van der Waals surface area contributed by atoms with Crippen LogP contribution in [0.2, 0.25) is 0 Å². The average Bonchev–Trinajstić information content (AvgIpc) is 2.74. The van der Waals surface area contributed by atoms with Crippen LogP contribution >= 0.6 is 0 Å². The van der Waals surface area contributed by atoms with E-state index in [9.17, 15) is 0 Å². The Kier molecular flexibility index (Phi) is 5.34. The Morgan fingerprint density at radius 1 is 0.793 bits per heavy atom. The molecule has 1 saturated heterocycles. The number of aromatic nitrogens is 3. The summed E-state index contributed by atoms with van der Waals surface area (Å²) in [6.45, 7) is 12.3. The fourth-order valence-corrected chi connectivity index (χ4v) is 3.76. The number of aryl methyl sites for hydroxylation is 2. The van der Waals surface area contributed by atoms with Crippen molar-refractivity contribution in [1.29, 1.82) is 0 Å². The van der Waals surface area contributed by atoms with Gasteiger partial charge < -0.3 is 15.1 Å². The van der Waals surface area contributed by atoms with Gasteiger partial charge in [0.05, 0.1) is 6.20 Å². The smallest absolute Gasteiger partial charge is 0.249 e. The van der Waals surface area contributed by atoms with Crippen molar-refractivity contribution in [3.63, 3.8) is 0 Å². The van der Waals surface area contributed by atoms with E-state index in [0.29, 0.717) is 5.95 Å². The fraction of sp³-hybridized carbons (Fsp3) is 0.348. The van der Waals surface area contributed by atoms with E-state index in [0.717, 1.165) is 37.7 Å². The topological polar surface area (TPSA) is 57.2 Å². The second-order valence-electron chi connectivity index (χ2n) is 7.70. The highest BCUT2D eigenvalue weighted by Gasteiger charge is 2.20. The number of anilines is 4. The molecule has 0 atom stereocenters. The molecule has 2 heterocycles. The highest BCUT2D eigenvalue weighted by atomic mass is 15.3. The van der Waals surface area contributed by atoms with Crippen LogP contribution in [0.4, 0.5) is 23.1 Å². The van der Waals surface area contributed by atoms with Gasteiger partial charge in [-0.15, -0.1) is 5.10 Å². The van der Waals surface area contributed by atoms with E-state index in [1.807, 2.05) is 12.1 Å². The molecule has 0 amide bonds. The molecule has 6 heteroatoms. The van der Waals surface area contributed by atoms with Crippen LogP contribution in [0.5, 0.6) is 0 Å². The zero-order valence-corrected chi connectivity index (χ0v) is 17.6. The highest BCUT2D eigenvalue weighted by molar-refractivity contribution is 5.61. The maximum Gasteiger partial charge on any atom is 0.249 e. The Balaban J connectivity index is 1.46. The van der Waals surface area contributed by atoms with Crippen molar-refractivity contribution in [3.8, 4) is 0 Å². The molecule has 0 spiro atoms. The molecule has 3 aromatic rings. The third-order valence-corrected chi connectivity index (χ3v) is 5.92. The number of nitrogens with zero attached hydrogens (tertiary/aromatic N) is 5. The van der Waals surface area contributed by atoms with Crippen LogP contribution in [-0.2, 0) is 0 Å². The van der Waals surface area contributed by atoms with Gasteiger partial charge in [-0.2, -0.15) is 10.1 Å². The Labute approximate surface area is 172 Å². The summed E-state index contributed by atoms with van der Waals surface area (Å²) in [7, 11) is 0. The summed E-state index contributed by atoms with van der Waals surface area (Å²) in [5.74, 6) is 1.40. The van der Waals surface area contributed by atoms with Gasteiger partial charge in [-0.1, -0.05) is 24.3 Å². The van der Waals surface area contributed by atoms with Crippen LogP contribution in [0.3, 0.4) is 0 Å². The first kappa shape index (κ1) is 19.2. The van der Waals surface area contributed by atoms with Crippen LogP contribution in [-0.4, -0.2) is 41.4 Å². The van der Waals surface area contributed by atoms with Crippen molar-refractivity contribution in [1.82, 2.24) is 15.2 Å². The predicted molar refractivity (Wildman–Crippen MR) is 119 cm³/mol. The Bertz CT molecular complexity index is 1010. The van der Waals surface area contributed by atoms with Crippen molar-refractivity contribution in [2.75, 3.05) is 41.3 Å². The van der Waals surface area contributed by atoms with Gasteiger partial charge in [-0.25, -0.2) is 0 Å². The molecule has 0 unspecified atom stereocenters. The lowest BCUT2D eigenvalue weighted by atomic mass is 10.1. The van der Waals surface area contributed by atoms with E-state index >= 15 is 0 Å². The molecule has 29 heavy (non-hydrogen) atoms. The molecule has 150 valence electrons. The van der Waals surface area contributed by atoms with Gasteiger partial charge in [0.2, 0.25) is 5.95 Å². The van der Waals surface area contributed by atoms with Crippen LogP contribution in [0.25, 0.3) is 0 Å². The van der Waals surface area contributed by atoms with Gasteiger partial charge in [-0.3, -0.25) is 0 Å². The lowest BCUT2D eigenvalue weighted by Gasteiger charge is -2.37. The zero-order valence-electron chi connectivity index (χ0n) is 17.6. The Morgan fingerprint density at radius 2 is 1.45 bits per heavy atom. The van der Waals surface area contributed by atoms with E-state index < -0.39 is 0 Å². The monoisotopic (exact) mass is 388 g/mol. The average molecular weight is 389 g/mol. The van der Waals surface area contributed by atoms with Crippen molar-refractivity contribution in [2.45, 2.75) is 27.7 Å². The quantitative estimate of drug-likeness (QED) is 0.724. The molecule has 1 aliphatic rings. The fourth-order valence-electron chi connectivity index (χ4n) is 3.76. The second-order valence-corrected chi connectivity index (χ2v) is 7.70. The number of hydrogen-bond acceptors (Lipinski definition) is 6. The molecule has 6 nitrogen and oxygen atoms in total. The minimum absolute atomic E-state index is 0.535. The van der Waals surface area contributed by atoms with Gasteiger partial charge in [0.15, 0.2) is 5.82 Å². The van der Waals surface area contributed by atoms with Crippen molar-refractivity contribution in [2.24, 2.45) is 0 Å². The molecular weight excluding hydrogens is 360 g/mol. The third-order valence-electron chi connectivity index (χ3n) is 5.92. The summed E-state index contributed by atoms with van der Waals surface area (Å²) in [6.07, 6.45) is 1.75. The minimum Gasteiger partial charge on any atom is -0.368 e. The first-order chi connectivity index (χ1) is 14.0. The van der Waals surface area contributed by atoms with Gasteiger partial charge in [0.1, 0.15) is 0 Å². The first-order valence-electron chi connectivity index (χ1n) is 10.1. The van der Waals surface area contributed by atoms with E-state index in [4.69, 9.17) is 4.98 Å². The molecule has 1 aromatic heterocycles. The summed E-state index contributed by atoms with van der Waals surface area (Å²) in [4.78, 5) is 9.46. The molecular formula is C23H28N6. The normalized spacial score (nSPS) is 14.2. The lowest BCUT2D eigenvalue weighted by molar-refractivity contribution is 0.643. The molecule has 1 N–H and O–H groups in total. The number of hydrogen-bond donors (Lipinski definition) is 1. The van der Waals surface area contributed by atoms with Crippen LogP contribution in [0, 0.1) is 27.7 Å². The standard InChI is InChI=1S/C23H28N6/c1-16-7-5-9-20(18(16)3)25-23-26-22(15-24-27-23)29-13-11-28(12-14-29)21-10-6-8-17(2)19(21)4/h5-10,15H,11-14H2,1-4H3,(H,25,26,27). The van der Waals surface area contributed by atoms with Crippen molar-refractivity contribution in [3.05, 3.63) is 64.8 Å². The maximum atomic E-state index is 4.71. The van der Waals surface area contributed by atoms with Crippen LogP contribution in [0.1, 0.15) is 22.3 Å². The van der Waals surface area contributed by atoms with Crippen LogP contribution < -0.4 is 15.1 Å². The lowest BCUT2D eigenvalue weighted by Crippen LogP contribution is -2.47. The zero-order chi connectivity index (χ0) is 20.4. The summed E-state index contributed by atoms with van der Waals surface area (Å²) < 4.78 is 0. The van der Waals surface area contributed by atoms with Gasteiger partial charge in [-0.05, 0) is 62.1 Å². The number of piperazine rings is 1. The summed E-state index contributed by atoms with van der Waals surface area (Å²) in [5, 5.41) is 11.7. The Morgan fingerprint density at radius 3 is 2.21 bits per heavy atom. The first-order valence-corrected chi connectivity index (χ1v) is 10.1.